The minimum absolute atomic E-state index is 0.0380. The van der Waals surface area contributed by atoms with E-state index in [0.29, 0.717) is 21.9 Å². The number of aromatic hydroxyl groups is 1. The average molecular weight is 839 g/mol. The van der Waals surface area contributed by atoms with E-state index in [0.717, 1.165) is 18.2 Å². The number of sulfone groups is 1. The molecule has 4 rings (SSSR count). The highest BCUT2D eigenvalue weighted by atomic mass is 32.2. The monoisotopic (exact) mass is 838 g/mol. The summed E-state index contributed by atoms with van der Waals surface area (Å²) in [6, 6.07) is 17.7. The second-order valence-corrected chi connectivity index (χ2v) is 14.9. The van der Waals surface area contributed by atoms with Gasteiger partial charge in [-0.1, -0.05) is 56.2 Å². The predicted molar refractivity (Wildman–Crippen MR) is 222 cm³/mol. The molecule has 0 aliphatic rings. The zero-order chi connectivity index (χ0) is 43.9. The Morgan fingerprint density at radius 1 is 0.600 bits per heavy atom. The lowest BCUT2D eigenvalue weighted by Gasteiger charge is -2.31. The molecule has 0 aromatic heterocycles. The quantitative estimate of drug-likeness (QED) is 0.0349. The minimum Gasteiger partial charge on any atom is -0.508 e. The summed E-state index contributed by atoms with van der Waals surface area (Å²) in [7, 11) is -4.04. The standard InChI is InChI=1S/C44H42N2O13S/c1-6-13-29-23-31(19-21-37(29)47)60(53,54)32-20-22-38(30(24-32)14-7-2)59-43(52)46-36-18-12-15-33-34(36)16-11-17-35(33)45-42(51)58-28-44(25-55-39(48)8-3,26-56-40(49)9-4)27-57-41(50)10-5/h6-12,15-24,47H,1-5,13-14,25-28H2,(H,45,51)(H,46,52). The van der Waals surface area contributed by atoms with Crippen molar-refractivity contribution in [3.05, 3.63) is 147 Å². The van der Waals surface area contributed by atoms with Crippen LogP contribution in [0.15, 0.2) is 146 Å². The van der Waals surface area contributed by atoms with E-state index in [-0.39, 0.29) is 45.5 Å². The first-order valence-corrected chi connectivity index (χ1v) is 19.4. The predicted octanol–water partition coefficient (Wildman–Crippen LogP) is 7.17. The van der Waals surface area contributed by atoms with Crippen molar-refractivity contribution in [3.8, 4) is 11.5 Å². The van der Waals surface area contributed by atoms with E-state index in [1.807, 2.05) is 0 Å². The molecule has 0 fully saturated rings. The van der Waals surface area contributed by atoms with Crippen molar-refractivity contribution >= 4 is 62.1 Å². The van der Waals surface area contributed by atoms with E-state index < -0.39 is 71.8 Å². The third kappa shape index (κ3) is 11.8. The molecular weight excluding hydrogens is 797 g/mol. The summed E-state index contributed by atoms with van der Waals surface area (Å²) in [6.45, 7) is 15.2. The van der Waals surface area contributed by atoms with E-state index in [2.05, 4.69) is 43.5 Å². The van der Waals surface area contributed by atoms with Gasteiger partial charge in [0.15, 0.2) is 0 Å². The van der Waals surface area contributed by atoms with Crippen molar-refractivity contribution in [2.75, 3.05) is 37.1 Å². The van der Waals surface area contributed by atoms with E-state index in [1.165, 1.54) is 42.5 Å². The number of nitrogens with one attached hydrogen (secondary N) is 2. The molecule has 0 aliphatic heterocycles. The smallest absolute Gasteiger partial charge is 0.417 e. The Labute approximate surface area is 346 Å². The van der Waals surface area contributed by atoms with Crippen molar-refractivity contribution in [1.82, 2.24) is 0 Å². The molecule has 60 heavy (non-hydrogen) atoms. The Morgan fingerprint density at radius 2 is 1.05 bits per heavy atom. The van der Waals surface area contributed by atoms with Crippen molar-refractivity contribution in [2.24, 2.45) is 5.41 Å². The highest BCUT2D eigenvalue weighted by Crippen LogP contribution is 2.32. The fourth-order valence-electron chi connectivity index (χ4n) is 5.55. The normalized spacial score (nSPS) is 10.9. The van der Waals surface area contributed by atoms with Crippen molar-refractivity contribution in [2.45, 2.75) is 22.6 Å². The van der Waals surface area contributed by atoms with Gasteiger partial charge in [0.2, 0.25) is 9.84 Å². The number of hydrogen-bond acceptors (Lipinski definition) is 13. The number of anilines is 2. The van der Waals surface area contributed by atoms with Crippen LogP contribution in [0.3, 0.4) is 0 Å². The fourth-order valence-corrected chi connectivity index (χ4v) is 6.91. The van der Waals surface area contributed by atoms with Crippen LogP contribution in [0.25, 0.3) is 10.8 Å². The molecule has 0 unspecified atom stereocenters. The van der Waals surface area contributed by atoms with Crippen LogP contribution < -0.4 is 15.4 Å². The maximum absolute atomic E-state index is 13.6. The van der Waals surface area contributed by atoms with Crippen LogP contribution >= 0.6 is 0 Å². The number of allylic oxidation sites excluding steroid dienone is 2. The Kier molecular flexibility index (Phi) is 15.7. The number of rotatable bonds is 20. The molecule has 0 saturated carbocycles. The second-order valence-electron chi connectivity index (χ2n) is 12.9. The number of phenols is 1. The lowest BCUT2D eigenvalue weighted by molar-refractivity contribution is -0.158. The molecule has 0 heterocycles. The largest absolute Gasteiger partial charge is 0.508 e. The van der Waals surface area contributed by atoms with E-state index in [4.69, 9.17) is 23.7 Å². The minimum atomic E-state index is -4.04. The van der Waals surface area contributed by atoms with Crippen LogP contribution in [-0.4, -0.2) is 70.0 Å². The van der Waals surface area contributed by atoms with Gasteiger partial charge in [0, 0.05) is 34.6 Å². The van der Waals surface area contributed by atoms with Crippen LogP contribution in [0.5, 0.6) is 11.5 Å². The van der Waals surface area contributed by atoms with Gasteiger partial charge in [0.1, 0.15) is 43.3 Å². The molecule has 4 aromatic carbocycles. The number of hydrogen-bond donors (Lipinski definition) is 3. The van der Waals surface area contributed by atoms with E-state index in [9.17, 15) is 37.5 Å². The number of carbonyl (C=O) groups is 5. The third-order valence-corrected chi connectivity index (χ3v) is 10.4. The third-order valence-electron chi connectivity index (χ3n) is 8.60. The lowest BCUT2D eigenvalue weighted by Crippen LogP contribution is -2.44. The molecule has 15 nitrogen and oxygen atoms in total. The number of ether oxygens (including phenoxy) is 5. The molecule has 0 bridgehead atoms. The summed E-state index contributed by atoms with van der Waals surface area (Å²) in [5.74, 6) is -2.52. The van der Waals surface area contributed by atoms with Gasteiger partial charge >= 0.3 is 30.1 Å². The summed E-state index contributed by atoms with van der Waals surface area (Å²) in [4.78, 5) is 62.2. The zero-order valence-corrected chi connectivity index (χ0v) is 33.2. The van der Waals surface area contributed by atoms with Gasteiger partial charge in [-0.3, -0.25) is 10.6 Å². The number of carbonyl (C=O) groups excluding carboxylic acids is 5. The van der Waals surface area contributed by atoms with Gasteiger partial charge in [0.25, 0.3) is 0 Å². The Hall–Kier alpha value is -7.46. The van der Waals surface area contributed by atoms with Crippen LogP contribution in [0.4, 0.5) is 21.0 Å². The molecule has 16 heteroatoms. The Morgan fingerprint density at radius 3 is 1.55 bits per heavy atom. The summed E-state index contributed by atoms with van der Waals surface area (Å²) in [6.07, 6.45) is 4.25. The fraction of sp³-hybridized carbons (Fsp3) is 0.159. The van der Waals surface area contributed by atoms with Crippen molar-refractivity contribution < 1.29 is 61.2 Å². The van der Waals surface area contributed by atoms with E-state index >= 15 is 0 Å². The van der Waals surface area contributed by atoms with Crippen LogP contribution in [0, 0.1) is 5.41 Å². The zero-order valence-electron chi connectivity index (χ0n) is 32.3. The molecular formula is C44H42N2O13S. The van der Waals surface area contributed by atoms with Crippen molar-refractivity contribution in [3.63, 3.8) is 0 Å². The number of fused-ring (bicyclic) bond motifs is 1. The number of esters is 3. The number of phenolic OH excluding ortho intramolecular Hbond substituents is 1. The highest BCUT2D eigenvalue weighted by Gasteiger charge is 2.37. The molecule has 4 aromatic rings. The van der Waals surface area contributed by atoms with Crippen LogP contribution in [0.2, 0.25) is 0 Å². The summed E-state index contributed by atoms with van der Waals surface area (Å²) >= 11 is 0. The van der Waals surface area contributed by atoms with Gasteiger partial charge in [0.05, 0.1) is 21.2 Å². The van der Waals surface area contributed by atoms with Gasteiger partial charge in [-0.15, -0.1) is 13.2 Å². The summed E-state index contributed by atoms with van der Waals surface area (Å²) in [5.41, 5.74) is -0.271. The van der Waals surface area contributed by atoms with Crippen LogP contribution in [0.1, 0.15) is 11.1 Å². The van der Waals surface area contributed by atoms with E-state index in [1.54, 1.807) is 42.5 Å². The number of benzene rings is 4. The maximum Gasteiger partial charge on any atom is 0.417 e. The topological polar surface area (TPSA) is 210 Å². The Balaban J connectivity index is 1.53. The summed E-state index contributed by atoms with van der Waals surface area (Å²) < 4.78 is 53.7. The number of amides is 2. The van der Waals surface area contributed by atoms with Gasteiger partial charge < -0.3 is 28.8 Å². The maximum atomic E-state index is 13.6. The molecule has 0 radical (unpaired) electrons. The van der Waals surface area contributed by atoms with Gasteiger partial charge in [-0.2, -0.15) is 0 Å². The summed E-state index contributed by atoms with van der Waals surface area (Å²) in [5, 5.41) is 16.4. The average Bonchev–Trinajstić information content (AvgIpc) is 3.24. The first kappa shape index (κ1) is 45.2. The first-order chi connectivity index (χ1) is 28.7. The second kappa shape index (κ2) is 20.8. The molecule has 0 spiro atoms. The highest BCUT2D eigenvalue weighted by molar-refractivity contribution is 7.91. The molecule has 0 aliphatic carbocycles. The van der Waals surface area contributed by atoms with Gasteiger partial charge in [-0.05, 0) is 66.9 Å². The van der Waals surface area contributed by atoms with Crippen molar-refractivity contribution in [1.29, 1.82) is 0 Å². The molecule has 3 N–H and O–H groups in total. The molecule has 0 atom stereocenters. The van der Waals surface area contributed by atoms with Gasteiger partial charge in [-0.25, -0.2) is 32.4 Å². The molecule has 0 saturated heterocycles. The Bertz CT molecular complexity index is 2400. The molecule has 2 amide bonds. The lowest BCUT2D eigenvalue weighted by atomic mass is 9.92. The molecule has 312 valence electrons. The first-order valence-electron chi connectivity index (χ1n) is 17.9. The van der Waals surface area contributed by atoms with Crippen LogP contribution in [-0.2, 0) is 56.0 Å². The SMILES string of the molecule is C=CCc1cc(S(=O)(=O)c2ccc(OC(=O)Nc3cccc4c(NC(=O)OCC(COC(=O)C=C)(COC(=O)C=C)COC(=O)C=C)cccc34)c(CC=C)c2)ccc1O.